The van der Waals surface area contributed by atoms with Crippen LogP contribution in [0.2, 0.25) is 0 Å². The van der Waals surface area contributed by atoms with Gasteiger partial charge in [-0.15, -0.1) is 10.2 Å². The molecule has 2 rings (SSSR count). The molecule has 2 aromatic heterocycles. The first-order valence-electron chi connectivity index (χ1n) is 7.46. The molecule has 6 nitrogen and oxygen atoms in total. The maximum atomic E-state index is 4.31. The van der Waals surface area contributed by atoms with E-state index in [0.717, 1.165) is 36.9 Å². The van der Waals surface area contributed by atoms with Crippen LogP contribution < -0.4 is 5.32 Å². The van der Waals surface area contributed by atoms with E-state index in [9.17, 15) is 0 Å². The Morgan fingerprint density at radius 3 is 3.00 bits per heavy atom. The maximum absolute atomic E-state index is 4.31. The summed E-state index contributed by atoms with van der Waals surface area (Å²) in [5.74, 6) is 1.89. The molecule has 2 aromatic rings. The Bertz CT molecular complexity index is 589. The summed E-state index contributed by atoms with van der Waals surface area (Å²) in [7, 11) is 3.88. The Morgan fingerprint density at radius 1 is 1.38 bits per heavy atom. The van der Waals surface area contributed by atoms with Crippen LogP contribution in [0.5, 0.6) is 0 Å². The molecule has 0 spiro atoms. The molecule has 0 saturated heterocycles. The van der Waals surface area contributed by atoms with E-state index < -0.39 is 0 Å². The fourth-order valence-corrected chi connectivity index (χ4v) is 2.23. The van der Waals surface area contributed by atoms with Crippen LogP contribution in [0.4, 0.5) is 0 Å². The molecule has 0 saturated carbocycles. The van der Waals surface area contributed by atoms with Gasteiger partial charge in [0.1, 0.15) is 5.82 Å². The van der Waals surface area contributed by atoms with Gasteiger partial charge in [-0.3, -0.25) is 9.39 Å². The highest BCUT2D eigenvalue weighted by Crippen LogP contribution is 2.03. The molecule has 0 aliphatic carbocycles. The Kier molecular flexibility index (Phi) is 5.54. The van der Waals surface area contributed by atoms with Gasteiger partial charge in [0.05, 0.1) is 0 Å². The van der Waals surface area contributed by atoms with E-state index in [4.69, 9.17) is 0 Å². The summed E-state index contributed by atoms with van der Waals surface area (Å²) in [4.78, 5) is 6.47. The van der Waals surface area contributed by atoms with Crippen molar-refractivity contribution in [1.82, 2.24) is 24.8 Å². The summed E-state index contributed by atoms with van der Waals surface area (Å²) in [6, 6.07) is 5.92. The number of fused-ring (bicyclic) bond motifs is 1. The number of nitrogens with one attached hydrogen (secondary N) is 1. The van der Waals surface area contributed by atoms with Crippen molar-refractivity contribution < 1.29 is 0 Å². The minimum Gasteiger partial charge on any atom is -0.356 e. The first kappa shape index (κ1) is 15.3. The van der Waals surface area contributed by atoms with Crippen molar-refractivity contribution in [3.63, 3.8) is 0 Å². The van der Waals surface area contributed by atoms with Crippen molar-refractivity contribution >= 4 is 11.6 Å². The number of aromatic nitrogens is 3. The van der Waals surface area contributed by atoms with Gasteiger partial charge < -0.3 is 10.2 Å². The molecule has 0 amide bonds. The molecule has 0 unspecified atom stereocenters. The van der Waals surface area contributed by atoms with E-state index in [1.807, 2.05) is 35.8 Å². The highest BCUT2D eigenvalue weighted by Gasteiger charge is 2.07. The summed E-state index contributed by atoms with van der Waals surface area (Å²) < 4.78 is 2.02. The lowest BCUT2D eigenvalue weighted by Gasteiger charge is -2.21. The third kappa shape index (κ3) is 3.93. The van der Waals surface area contributed by atoms with Crippen LogP contribution in [-0.4, -0.2) is 52.6 Å². The molecule has 1 N–H and O–H groups in total. The summed E-state index contributed by atoms with van der Waals surface area (Å²) in [5, 5.41) is 11.8. The third-order valence-corrected chi connectivity index (χ3v) is 3.44. The minimum atomic E-state index is 0.791. The average molecular weight is 288 g/mol. The van der Waals surface area contributed by atoms with Gasteiger partial charge in [0.15, 0.2) is 11.6 Å². The largest absolute Gasteiger partial charge is 0.356 e. The highest BCUT2D eigenvalue weighted by atomic mass is 15.3. The van der Waals surface area contributed by atoms with Gasteiger partial charge in [0, 0.05) is 39.8 Å². The lowest BCUT2D eigenvalue weighted by Crippen LogP contribution is -2.40. The van der Waals surface area contributed by atoms with E-state index in [1.54, 1.807) is 0 Å². The molecule has 0 aliphatic rings. The predicted molar refractivity (Wildman–Crippen MR) is 85.6 cm³/mol. The van der Waals surface area contributed by atoms with E-state index in [1.165, 1.54) is 12.8 Å². The van der Waals surface area contributed by atoms with E-state index in [0.29, 0.717) is 0 Å². The summed E-state index contributed by atoms with van der Waals surface area (Å²) in [6.07, 6.45) is 5.16. The van der Waals surface area contributed by atoms with Crippen molar-refractivity contribution in [2.75, 3.05) is 27.2 Å². The zero-order valence-electron chi connectivity index (χ0n) is 13.1. The van der Waals surface area contributed by atoms with Gasteiger partial charge in [0.25, 0.3) is 0 Å². The zero-order chi connectivity index (χ0) is 15.1. The number of unbranched alkanes of at least 4 members (excludes halogenated alkanes) is 1. The maximum Gasteiger partial charge on any atom is 0.193 e. The fourth-order valence-electron chi connectivity index (χ4n) is 2.23. The quantitative estimate of drug-likeness (QED) is 0.647. The molecule has 0 atom stereocenters. The molecule has 114 valence electrons. The predicted octanol–water partition coefficient (Wildman–Crippen LogP) is 1.58. The Morgan fingerprint density at radius 2 is 2.24 bits per heavy atom. The minimum absolute atomic E-state index is 0.791. The van der Waals surface area contributed by atoms with Crippen LogP contribution in [-0.2, 0) is 6.42 Å². The standard InChI is InChI=1S/C15H24N6/c1-4-5-11-20(3)15(16-2)17-10-9-14-19-18-13-8-6-7-12-21(13)14/h6-8,12H,4-5,9-11H2,1-3H3,(H,16,17). The summed E-state index contributed by atoms with van der Waals surface area (Å²) in [5.41, 5.74) is 0.886. The lowest BCUT2D eigenvalue weighted by molar-refractivity contribution is 0.465. The van der Waals surface area contributed by atoms with Crippen molar-refractivity contribution in [3.05, 3.63) is 30.2 Å². The Hall–Kier alpha value is -2.11. The Labute approximate surface area is 125 Å². The molecule has 0 aliphatic heterocycles. The second-order valence-electron chi connectivity index (χ2n) is 5.04. The molecule has 0 fully saturated rings. The van der Waals surface area contributed by atoms with Crippen molar-refractivity contribution in [1.29, 1.82) is 0 Å². The number of pyridine rings is 1. The van der Waals surface area contributed by atoms with Crippen LogP contribution >= 0.6 is 0 Å². The number of hydrogen-bond acceptors (Lipinski definition) is 3. The topological polar surface area (TPSA) is 57.8 Å². The number of rotatable bonds is 6. The molecule has 0 aromatic carbocycles. The SMILES string of the molecule is CCCCN(C)C(=NC)NCCc1nnc2ccccn12. The van der Waals surface area contributed by atoms with E-state index in [2.05, 4.69) is 39.4 Å². The molecular formula is C15H24N6. The van der Waals surface area contributed by atoms with Gasteiger partial charge in [-0.1, -0.05) is 19.4 Å². The van der Waals surface area contributed by atoms with Crippen LogP contribution in [0.1, 0.15) is 25.6 Å². The molecule has 2 heterocycles. The second-order valence-corrected chi connectivity index (χ2v) is 5.04. The molecule has 21 heavy (non-hydrogen) atoms. The molecule has 0 bridgehead atoms. The monoisotopic (exact) mass is 288 g/mol. The van der Waals surface area contributed by atoms with Crippen molar-refractivity contribution in [2.24, 2.45) is 4.99 Å². The van der Waals surface area contributed by atoms with Gasteiger partial charge in [-0.25, -0.2) is 0 Å². The zero-order valence-corrected chi connectivity index (χ0v) is 13.1. The normalized spacial score (nSPS) is 11.9. The van der Waals surface area contributed by atoms with Gasteiger partial charge in [-0.2, -0.15) is 0 Å². The lowest BCUT2D eigenvalue weighted by atomic mass is 10.3. The fraction of sp³-hybridized carbons (Fsp3) is 0.533. The van der Waals surface area contributed by atoms with Gasteiger partial charge >= 0.3 is 0 Å². The van der Waals surface area contributed by atoms with E-state index in [-0.39, 0.29) is 0 Å². The summed E-state index contributed by atoms with van der Waals surface area (Å²) >= 11 is 0. The second kappa shape index (κ2) is 7.61. The molecular weight excluding hydrogens is 264 g/mol. The summed E-state index contributed by atoms with van der Waals surface area (Å²) in [6.45, 7) is 4.00. The van der Waals surface area contributed by atoms with Crippen LogP contribution in [0.15, 0.2) is 29.4 Å². The number of aliphatic imine (C=N–C) groups is 1. The van der Waals surface area contributed by atoms with Crippen LogP contribution in [0.25, 0.3) is 5.65 Å². The molecule has 0 radical (unpaired) electrons. The first-order chi connectivity index (χ1) is 10.3. The van der Waals surface area contributed by atoms with Gasteiger partial charge in [0.2, 0.25) is 0 Å². The Balaban J connectivity index is 1.88. The van der Waals surface area contributed by atoms with Crippen molar-refractivity contribution in [3.8, 4) is 0 Å². The third-order valence-electron chi connectivity index (χ3n) is 3.44. The van der Waals surface area contributed by atoms with Crippen LogP contribution in [0.3, 0.4) is 0 Å². The number of nitrogens with zero attached hydrogens (tertiary/aromatic N) is 5. The number of hydrogen-bond donors (Lipinski definition) is 1. The molecule has 6 heteroatoms. The highest BCUT2D eigenvalue weighted by molar-refractivity contribution is 5.79. The van der Waals surface area contributed by atoms with E-state index >= 15 is 0 Å². The van der Waals surface area contributed by atoms with Gasteiger partial charge in [-0.05, 0) is 18.6 Å². The number of guanidine groups is 1. The van der Waals surface area contributed by atoms with Crippen LogP contribution in [0, 0.1) is 0 Å². The van der Waals surface area contributed by atoms with Crippen molar-refractivity contribution in [2.45, 2.75) is 26.2 Å². The smallest absolute Gasteiger partial charge is 0.193 e. The first-order valence-corrected chi connectivity index (χ1v) is 7.46. The average Bonchev–Trinajstić information content (AvgIpc) is 2.92.